The lowest BCUT2D eigenvalue weighted by Crippen LogP contribution is -2.23. The number of carbonyl (C=O) groups excluding carboxylic acids is 1. The molecule has 0 saturated carbocycles. The molecule has 0 saturated heterocycles. The highest BCUT2D eigenvalue weighted by Gasteiger charge is 2.04. The van der Waals surface area contributed by atoms with Crippen LogP contribution in [0.15, 0.2) is 29.4 Å². The van der Waals surface area contributed by atoms with E-state index in [1.807, 2.05) is 6.07 Å². The van der Waals surface area contributed by atoms with Crippen molar-refractivity contribution in [1.29, 1.82) is 0 Å². The first-order valence-corrected chi connectivity index (χ1v) is 5.36. The van der Waals surface area contributed by atoms with Crippen molar-refractivity contribution in [1.82, 2.24) is 5.32 Å². The molecule has 0 bridgehead atoms. The van der Waals surface area contributed by atoms with E-state index in [0.29, 0.717) is 6.54 Å². The number of oxime groups is 1. The summed E-state index contributed by atoms with van der Waals surface area (Å²) >= 11 is 0. The topological polar surface area (TPSA) is 99.0 Å². The molecule has 0 heterocycles. The fourth-order valence-electron chi connectivity index (χ4n) is 1.36. The third-order valence-electron chi connectivity index (χ3n) is 2.21. The number of hydrogen-bond acceptors (Lipinski definition) is 4. The summed E-state index contributed by atoms with van der Waals surface area (Å²) in [4.78, 5) is 21.6. The fraction of sp³-hybridized carbons (Fsp3) is 0.250. The maximum atomic E-state index is 11.3. The van der Waals surface area contributed by atoms with Crippen molar-refractivity contribution < 1.29 is 19.9 Å². The standard InChI is InChI=1S/C12H14N2O4/c15-11(4-5-12(16)17)13-7-9-2-1-3-10(6-9)8-14-18/h1-3,6,8,18H,4-5,7H2,(H,13,15)(H,16,17)/b14-8+. The number of carboxylic acids is 1. The van der Waals surface area contributed by atoms with Crippen LogP contribution in [0, 0.1) is 0 Å². The van der Waals surface area contributed by atoms with Gasteiger partial charge >= 0.3 is 5.97 Å². The largest absolute Gasteiger partial charge is 0.481 e. The molecular formula is C12H14N2O4. The minimum absolute atomic E-state index is 0.0346. The number of nitrogens with one attached hydrogen (secondary N) is 1. The Labute approximate surface area is 104 Å². The molecule has 96 valence electrons. The second-order valence-electron chi connectivity index (χ2n) is 3.66. The molecular weight excluding hydrogens is 236 g/mol. The number of hydrogen-bond donors (Lipinski definition) is 3. The monoisotopic (exact) mass is 250 g/mol. The minimum Gasteiger partial charge on any atom is -0.481 e. The van der Waals surface area contributed by atoms with Gasteiger partial charge in [0.15, 0.2) is 0 Å². The SMILES string of the molecule is O=C(O)CCC(=O)NCc1cccc(/C=N/O)c1. The number of amides is 1. The minimum atomic E-state index is -0.994. The summed E-state index contributed by atoms with van der Waals surface area (Å²) in [7, 11) is 0. The van der Waals surface area contributed by atoms with Gasteiger partial charge < -0.3 is 15.6 Å². The average Bonchev–Trinajstić information content (AvgIpc) is 2.35. The van der Waals surface area contributed by atoms with Crippen molar-refractivity contribution in [3.63, 3.8) is 0 Å². The van der Waals surface area contributed by atoms with Gasteiger partial charge in [-0.2, -0.15) is 0 Å². The Morgan fingerprint density at radius 3 is 2.78 bits per heavy atom. The van der Waals surface area contributed by atoms with E-state index in [-0.39, 0.29) is 18.7 Å². The molecule has 0 atom stereocenters. The molecule has 1 amide bonds. The van der Waals surface area contributed by atoms with Gasteiger partial charge in [-0.15, -0.1) is 0 Å². The smallest absolute Gasteiger partial charge is 0.303 e. The molecule has 0 aliphatic rings. The van der Waals surface area contributed by atoms with Crippen molar-refractivity contribution in [2.75, 3.05) is 0 Å². The summed E-state index contributed by atoms with van der Waals surface area (Å²) in [5.41, 5.74) is 1.56. The van der Waals surface area contributed by atoms with Gasteiger partial charge in [-0.25, -0.2) is 0 Å². The molecule has 0 aliphatic heterocycles. The van der Waals surface area contributed by atoms with E-state index in [4.69, 9.17) is 10.3 Å². The Bertz CT molecular complexity index is 457. The first-order valence-electron chi connectivity index (χ1n) is 5.36. The molecule has 6 heteroatoms. The van der Waals surface area contributed by atoms with Crippen LogP contribution in [0.4, 0.5) is 0 Å². The zero-order valence-corrected chi connectivity index (χ0v) is 9.67. The summed E-state index contributed by atoms with van der Waals surface area (Å²) < 4.78 is 0. The Morgan fingerprint density at radius 2 is 2.11 bits per heavy atom. The van der Waals surface area contributed by atoms with Crippen LogP contribution < -0.4 is 5.32 Å². The molecule has 0 spiro atoms. The van der Waals surface area contributed by atoms with Crippen molar-refractivity contribution in [3.8, 4) is 0 Å². The third kappa shape index (κ3) is 5.11. The zero-order chi connectivity index (χ0) is 13.4. The molecule has 1 rings (SSSR count). The normalized spacial score (nSPS) is 10.4. The lowest BCUT2D eigenvalue weighted by Gasteiger charge is -2.05. The van der Waals surface area contributed by atoms with Crippen molar-refractivity contribution in [2.45, 2.75) is 19.4 Å². The zero-order valence-electron chi connectivity index (χ0n) is 9.67. The Kier molecular flexibility index (Phi) is 5.37. The second-order valence-corrected chi connectivity index (χ2v) is 3.66. The van der Waals surface area contributed by atoms with Gasteiger partial charge in [0, 0.05) is 13.0 Å². The van der Waals surface area contributed by atoms with E-state index in [9.17, 15) is 9.59 Å². The maximum absolute atomic E-state index is 11.3. The van der Waals surface area contributed by atoms with Crippen molar-refractivity contribution >= 4 is 18.1 Å². The van der Waals surface area contributed by atoms with Crippen LogP contribution in [-0.2, 0) is 16.1 Å². The molecule has 0 aromatic heterocycles. The van der Waals surface area contributed by atoms with Gasteiger partial charge in [0.2, 0.25) is 5.91 Å². The molecule has 0 aliphatic carbocycles. The molecule has 18 heavy (non-hydrogen) atoms. The number of rotatable bonds is 6. The van der Waals surface area contributed by atoms with Crippen LogP contribution >= 0.6 is 0 Å². The highest BCUT2D eigenvalue weighted by atomic mass is 16.4. The number of carboxylic acid groups (broad SMARTS) is 1. The second kappa shape index (κ2) is 7.05. The lowest BCUT2D eigenvalue weighted by atomic mass is 10.1. The summed E-state index contributed by atoms with van der Waals surface area (Å²) in [6.45, 7) is 0.311. The molecule has 0 fully saturated rings. The fourth-order valence-corrected chi connectivity index (χ4v) is 1.36. The Hall–Kier alpha value is -2.37. The van der Waals surface area contributed by atoms with E-state index in [1.165, 1.54) is 6.21 Å². The molecule has 0 unspecified atom stereocenters. The van der Waals surface area contributed by atoms with Crippen LogP contribution in [0.5, 0.6) is 0 Å². The van der Waals surface area contributed by atoms with Crippen LogP contribution in [0.3, 0.4) is 0 Å². The van der Waals surface area contributed by atoms with Crippen molar-refractivity contribution in [2.24, 2.45) is 5.16 Å². The number of nitrogens with zero attached hydrogens (tertiary/aromatic N) is 1. The summed E-state index contributed by atoms with van der Waals surface area (Å²) in [6, 6.07) is 7.11. The predicted molar refractivity (Wildman–Crippen MR) is 64.5 cm³/mol. The number of benzene rings is 1. The van der Waals surface area contributed by atoms with Crippen LogP contribution in [0.2, 0.25) is 0 Å². The van der Waals surface area contributed by atoms with E-state index in [0.717, 1.165) is 11.1 Å². The molecule has 1 aromatic carbocycles. The predicted octanol–water partition coefficient (Wildman–Crippen LogP) is 0.976. The first kappa shape index (κ1) is 13.7. The van der Waals surface area contributed by atoms with Gasteiger partial charge in [-0.1, -0.05) is 23.4 Å². The third-order valence-corrected chi connectivity index (χ3v) is 2.21. The van der Waals surface area contributed by atoms with Gasteiger partial charge in [0.1, 0.15) is 0 Å². The van der Waals surface area contributed by atoms with E-state index >= 15 is 0 Å². The average molecular weight is 250 g/mol. The van der Waals surface area contributed by atoms with Gasteiger partial charge in [0.25, 0.3) is 0 Å². The van der Waals surface area contributed by atoms with Gasteiger partial charge in [0.05, 0.1) is 12.6 Å². The van der Waals surface area contributed by atoms with Crippen LogP contribution in [0.25, 0.3) is 0 Å². The van der Waals surface area contributed by atoms with E-state index in [2.05, 4.69) is 10.5 Å². The van der Waals surface area contributed by atoms with Gasteiger partial charge in [-0.05, 0) is 17.2 Å². The van der Waals surface area contributed by atoms with E-state index in [1.54, 1.807) is 18.2 Å². The quantitative estimate of drug-likeness (QED) is 0.398. The maximum Gasteiger partial charge on any atom is 0.303 e. The first-order chi connectivity index (χ1) is 8.61. The number of carbonyl (C=O) groups is 2. The van der Waals surface area contributed by atoms with E-state index < -0.39 is 5.97 Å². The summed E-state index contributed by atoms with van der Waals surface area (Å²) in [5, 5.41) is 22.3. The van der Waals surface area contributed by atoms with Gasteiger partial charge in [-0.3, -0.25) is 9.59 Å². The molecule has 1 aromatic rings. The molecule has 6 nitrogen and oxygen atoms in total. The molecule has 0 radical (unpaired) electrons. The van der Waals surface area contributed by atoms with Crippen molar-refractivity contribution in [3.05, 3.63) is 35.4 Å². The Balaban J connectivity index is 2.45. The highest BCUT2D eigenvalue weighted by Crippen LogP contribution is 2.03. The Morgan fingerprint density at radius 1 is 1.33 bits per heavy atom. The summed E-state index contributed by atoms with van der Waals surface area (Å²) in [5.74, 6) is -1.30. The summed E-state index contributed by atoms with van der Waals surface area (Å²) in [6.07, 6.45) is 1.08. The molecule has 3 N–H and O–H groups in total. The van der Waals surface area contributed by atoms with Crippen LogP contribution in [0.1, 0.15) is 24.0 Å². The highest BCUT2D eigenvalue weighted by molar-refractivity contribution is 5.81. The number of aliphatic carboxylic acids is 1. The van der Waals surface area contributed by atoms with Crippen LogP contribution in [-0.4, -0.2) is 28.4 Å². The lowest BCUT2D eigenvalue weighted by molar-refractivity contribution is -0.138.